The van der Waals surface area contributed by atoms with Crippen molar-refractivity contribution in [2.24, 2.45) is 5.73 Å². The molecule has 1 aromatic rings. The first-order chi connectivity index (χ1) is 7.50. The van der Waals surface area contributed by atoms with Crippen molar-refractivity contribution in [3.63, 3.8) is 0 Å². The summed E-state index contributed by atoms with van der Waals surface area (Å²) in [7, 11) is 0. The molecular weight excluding hydrogens is 230 g/mol. The highest BCUT2D eigenvalue weighted by atomic mass is 32.1. The molecule has 0 fully saturated rings. The second-order valence-electron chi connectivity index (χ2n) is 3.37. The van der Waals surface area contributed by atoms with Gasteiger partial charge in [-0.2, -0.15) is 0 Å². The van der Waals surface area contributed by atoms with Crippen LogP contribution in [-0.2, 0) is 16.0 Å². The summed E-state index contributed by atoms with van der Waals surface area (Å²) >= 11 is 1.32. The monoisotopic (exact) mass is 243 g/mol. The molecule has 1 heterocycles. The summed E-state index contributed by atoms with van der Waals surface area (Å²) in [6, 6.07) is 2.49. The van der Waals surface area contributed by atoms with Gasteiger partial charge in [0.2, 0.25) is 0 Å². The molecular formula is C10H13NO4S. The van der Waals surface area contributed by atoms with Gasteiger partial charge in [0.1, 0.15) is 6.04 Å². The molecule has 0 aliphatic rings. The molecule has 1 atom stereocenters. The van der Waals surface area contributed by atoms with E-state index in [-0.39, 0.29) is 6.42 Å². The van der Waals surface area contributed by atoms with Gasteiger partial charge in [0.05, 0.1) is 0 Å². The average molecular weight is 243 g/mol. The van der Waals surface area contributed by atoms with Crippen molar-refractivity contribution < 1.29 is 19.8 Å². The summed E-state index contributed by atoms with van der Waals surface area (Å²) in [5, 5.41) is 17.2. The number of aliphatic carboxylic acids is 2. The molecule has 16 heavy (non-hydrogen) atoms. The van der Waals surface area contributed by atoms with Crippen molar-refractivity contribution in [3.05, 3.63) is 21.9 Å². The summed E-state index contributed by atoms with van der Waals surface area (Å²) in [5.74, 6) is -1.88. The van der Waals surface area contributed by atoms with Crippen LogP contribution in [0, 0.1) is 0 Å². The number of carbonyl (C=O) groups is 2. The van der Waals surface area contributed by atoms with E-state index < -0.39 is 18.0 Å². The fraction of sp³-hybridized carbons (Fsp3) is 0.400. The van der Waals surface area contributed by atoms with E-state index in [4.69, 9.17) is 15.9 Å². The minimum Gasteiger partial charge on any atom is -0.481 e. The zero-order valence-corrected chi connectivity index (χ0v) is 9.37. The van der Waals surface area contributed by atoms with Gasteiger partial charge < -0.3 is 15.9 Å². The maximum absolute atomic E-state index is 10.6. The second-order valence-corrected chi connectivity index (χ2v) is 4.57. The molecule has 0 radical (unpaired) electrons. The van der Waals surface area contributed by atoms with Gasteiger partial charge in [-0.1, -0.05) is 0 Å². The van der Waals surface area contributed by atoms with Crippen molar-refractivity contribution in [2.45, 2.75) is 25.3 Å². The number of nitrogens with two attached hydrogens (primary N) is 1. The van der Waals surface area contributed by atoms with Gasteiger partial charge in [0, 0.05) is 16.2 Å². The molecule has 0 spiro atoms. The van der Waals surface area contributed by atoms with E-state index in [0.717, 1.165) is 4.88 Å². The van der Waals surface area contributed by atoms with Crippen molar-refractivity contribution >= 4 is 23.3 Å². The van der Waals surface area contributed by atoms with Gasteiger partial charge in [0.25, 0.3) is 0 Å². The first-order valence-electron chi connectivity index (χ1n) is 4.79. The third kappa shape index (κ3) is 3.63. The molecule has 0 aliphatic carbocycles. The van der Waals surface area contributed by atoms with Gasteiger partial charge in [-0.25, -0.2) is 0 Å². The Balaban J connectivity index is 2.51. The third-order valence-electron chi connectivity index (χ3n) is 2.07. The normalized spacial score (nSPS) is 12.3. The lowest BCUT2D eigenvalue weighted by Crippen LogP contribution is -2.19. The smallest absolute Gasteiger partial charge is 0.325 e. The van der Waals surface area contributed by atoms with Crippen LogP contribution in [0.4, 0.5) is 0 Å². The summed E-state index contributed by atoms with van der Waals surface area (Å²) < 4.78 is 0. The number of carboxylic acid groups (broad SMARTS) is 2. The molecule has 5 nitrogen and oxygen atoms in total. The maximum Gasteiger partial charge on any atom is 0.325 e. The molecule has 0 unspecified atom stereocenters. The highest BCUT2D eigenvalue weighted by Crippen LogP contribution is 2.23. The van der Waals surface area contributed by atoms with Crippen LogP contribution >= 0.6 is 11.3 Å². The van der Waals surface area contributed by atoms with Crippen LogP contribution in [0.2, 0.25) is 0 Å². The molecule has 4 N–H and O–H groups in total. The molecule has 1 aromatic heterocycles. The Morgan fingerprint density at radius 3 is 2.62 bits per heavy atom. The minimum atomic E-state index is -1.06. The molecule has 0 aliphatic heterocycles. The lowest BCUT2D eigenvalue weighted by molar-refractivity contribution is -0.139. The van der Waals surface area contributed by atoms with Crippen LogP contribution in [0.15, 0.2) is 12.1 Å². The number of thiophene rings is 1. The largest absolute Gasteiger partial charge is 0.481 e. The Labute approximate surface area is 96.5 Å². The second kappa shape index (κ2) is 5.62. The molecule has 0 aromatic carbocycles. The number of rotatable bonds is 6. The highest BCUT2D eigenvalue weighted by Gasteiger charge is 2.16. The lowest BCUT2D eigenvalue weighted by Gasteiger charge is -2.01. The van der Waals surface area contributed by atoms with Crippen LogP contribution in [0.25, 0.3) is 0 Å². The van der Waals surface area contributed by atoms with Crippen molar-refractivity contribution in [1.82, 2.24) is 0 Å². The first-order valence-corrected chi connectivity index (χ1v) is 5.61. The van der Waals surface area contributed by atoms with E-state index in [9.17, 15) is 9.59 Å². The summed E-state index contributed by atoms with van der Waals surface area (Å²) in [4.78, 5) is 22.5. The van der Waals surface area contributed by atoms with Crippen LogP contribution in [0.3, 0.4) is 0 Å². The Kier molecular flexibility index (Phi) is 4.45. The van der Waals surface area contributed by atoms with Crippen LogP contribution < -0.4 is 5.73 Å². The Morgan fingerprint density at radius 2 is 2.06 bits per heavy atom. The standard InChI is InChI=1S/C10H13NO4S/c11-9(10(14)15)7-5-4-6(16-7)2-1-3-8(12)13/h4-5,9H,1-3,11H2,(H,12,13)(H,14,15)/t9-/m1/s1. The fourth-order valence-corrected chi connectivity index (χ4v) is 2.28. The molecule has 0 bridgehead atoms. The Hall–Kier alpha value is -1.40. The van der Waals surface area contributed by atoms with E-state index in [1.165, 1.54) is 11.3 Å². The van der Waals surface area contributed by atoms with Crippen LogP contribution in [0.1, 0.15) is 28.6 Å². The molecule has 6 heteroatoms. The van der Waals surface area contributed by atoms with Gasteiger partial charge in [-0.05, 0) is 25.0 Å². The number of hydrogen-bond acceptors (Lipinski definition) is 4. The van der Waals surface area contributed by atoms with Crippen molar-refractivity contribution in [2.75, 3.05) is 0 Å². The van der Waals surface area contributed by atoms with Gasteiger partial charge >= 0.3 is 11.9 Å². The number of aryl methyl sites for hydroxylation is 1. The number of hydrogen-bond donors (Lipinski definition) is 3. The third-order valence-corrected chi connectivity index (χ3v) is 3.30. The van der Waals surface area contributed by atoms with E-state index in [2.05, 4.69) is 0 Å². The van der Waals surface area contributed by atoms with Crippen LogP contribution in [-0.4, -0.2) is 22.2 Å². The van der Waals surface area contributed by atoms with E-state index in [1.807, 2.05) is 0 Å². The first kappa shape index (κ1) is 12.7. The number of carboxylic acids is 2. The predicted octanol–water partition coefficient (Wildman–Crippen LogP) is 1.24. The van der Waals surface area contributed by atoms with Crippen LogP contribution in [0.5, 0.6) is 0 Å². The predicted molar refractivity (Wildman–Crippen MR) is 59.5 cm³/mol. The Bertz CT molecular complexity index is 388. The summed E-state index contributed by atoms with van der Waals surface area (Å²) in [6.07, 6.45) is 1.32. The summed E-state index contributed by atoms with van der Waals surface area (Å²) in [6.45, 7) is 0. The quantitative estimate of drug-likeness (QED) is 0.697. The van der Waals surface area contributed by atoms with Crippen molar-refractivity contribution in [3.8, 4) is 0 Å². The zero-order valence-electron chi connectivity index (χ0n) is 8.55. The topological polar surface area (TPSA) is 101 Å². The van der Waals surface area contributed by atoms with Crippen molar-refractivity contribution in [1.29, 1.82) is 0 Å². The highest BCUT2D eigenvalue weighted by molar-refractivity contribution is 7.12. The SMILES string of the molecule is N[C@@H](C(=O)O)c1ccc(CCCC(=O)O)s1. The molecule has 1 rings (SSSR count). The van der Waals surface area contributed by atoms with Gasteiger partial charge in [-0.15, -0.1) is 11.3 Å². The van der Waals surface area contributed by atoms with E-state index in [0.29, 0.717) is 17.7 Å². The van der Waals surface area contributed by atoms with E-state index >= 15 is 0 Å². The van der Waals surface area contributed by atoms with E-state index in [1.54, 1.807) is 12.1 Å². The molecule has 88 valence electrons. The molecule has 0 amide bonds. The summed E-state index contributed by atoms with van der Waals surface area (Å²) in [5.41, 5.74) is 5.44. The fourth-order valence-electron chi connectivity index (χ4n) is 1.23. The Morgan fingerprint density at radius 1 is 1.38 bits per heavy atom. The zero-order chi connectivity index (χ0) is 12.1. The van der Waals surface area contributed by atoms with Gasteiger partial charge in [-0.3, -0.25) is 9.59 Å². The minimum absolute atomic E-state index is 0.123. The maximum atomic E-state index is 10.6. The lowest BCUT2D eigenvalue weighted by atomic mass is 10.2. The molecule has 0 saturated heterocycles. The van der Waals surface area contributed by atoms with Gasteiger partial charge in [0.15, 0.2) is 0 Å². The average Bonchev–Trinajstić information content (AvgIpc) is 2.64. The molecule has 0 saturated carbocycles.